The van der Waals surface area contributed by atoms with Crippen molar-refractivity contribution in [3.63, 3.8) is 0 Å². The van der Waals surface area contributed by atoms with Gasteiger partial charge < -0.3 is 10.6 Å². The minimum atomic E-state index is -0.801. The molecule has 0 aliphatic carbocycles. The minimum Gasteiger partial charge on any atom is -0.363 e. The highest BCUT2D eigenvalue weighted by atomic mass is 16.2. The van der Waals surface area contributed by atoms with Crippen LogP contribution in [0.2, 0.25) is 0 Å². The van der Waals surface area contributed by atoms with Crippen molar-refractivity contribution in [3.05, 3.63) is 0 Å². The van der Waals surface area contributed by atoms with Gasteiger partial charge in [0, 0.05) is 12.5 Å². The molecule has 1 heterocycles. The summed E-state index contributed by atoms with van der Waals surface area (Å²) in [4.78, 5) is 23.5. The first-order valence-electron chi connectivity index (χ1n) is 3.63. The summed E-state index contributed by atoms with van der Waals surface area (Å²) in [6, 6.07) is 0. The molecule has 0 aromatic carbocycles. The number of nitrogens with two attached hydrogens (primary N) is 1. The lowest BCUT2D eigenvalue weighted by Crippen LogP contribution is -2.31. The molecule has 2 N–H and O–H groups in total. The number of rotatable bonds is 2. The highest BCUT2D eigenvalue weighted by Gasteiger charge is 2.28. The topological polar surface area (TPSA) is 63.4 Å². The average Bonchev–Trinajstić information content (AvgIpc) is 2.34. The summed E-state index contributed by atoms with van der Waals surface area (Å²) in [5.74, 6) is -1.38. The summed E-state index contributed by atoms with van der Waals surface area (Å²) in [7, 11) is 1.92. The van der Waals surface area contributed by atoms with Gasteiger partial charge in [-0.15, -0.1) is 0 Å². The molecule has 0 radical (unpaired) electrons. The number of hydrogen-bond acceptors (Lipinski definition) is 3. The van der Waals surface area contributed by atoms with Gasteiger partial charge in [-0.1, -0.05) is 0 Å². The average molecular weight is 156 g/mol. The number of nitrogens with zero attached hydrogens (tertiary/aromatic N) is 1. The third-order valence-electron chi connectivity index (χ3n) is 2.00. The maximum Gasteiger partial charge on any atom is 0.285 e. The van der Waals surface area contributed by atoms with Gasteiger partial charge in [-0.3, -0.25) is 9.59 Å². The van der Waals surface area contributed by atoms with Gasteiger partial charge in [-0.2, -0.15) is 0 Å². The van der Waals surface area contributed by atoms with Crippen molar-refractivity contribution >= 4 is 11.7 Å². The van der Waals surface area contributed by atoms with E-state index >= 15 is 0 Å². The first kappa shape index (κ1) is 8.20. The number of ketones is 1. The van der Waals surface area contributed by atoms with Crippen molar-refractivity contribution in [1.82, 2.24) is 4.90 Å². The molecule has 62 valence electrons. The van der Waals surface area contributed by atoms with Gasteiger partial charge in [0.1, 0.15) is 0 Å². The van der Waals surface area contributed by atoms with E-state index in [1.807, 2.05) is 11.9 Å². The smallest absolute Gasteiger partial charge is 0.285 e. The lowest BCUT2D eigenvalue weighted by Gasteiger charge is -2.06. The van der Waals surface area contributed by atoms with Crippen LogP contribution in [0.15, 0.2) is 0 Å². The molecular weight excluding hydrogens is 144 g/mol. The Kier molecular flexibility index (Phi) is 2.24. The Morgan fingerprint density at radius 3 is 2.55 bits per heavy atom. The van der Waals surface area contributed by atoms with Gasteiger partial charge in [-0.25, -0.2) is 0 Å². The molecule has 1 fully saturated rings. The lowest BCUT2D eigenvalue weighted by atomic mass is 10.0. The van der Waals surface area contributed by atoms with Gasteiger partial charge in [-0.05, 0) is 20.0 Å². The maximum absolute atomic E-state index is 11.0. The quantitative estimate of drug-likeness (QED) is 0.521. The Bertz CT molecular complexity index is 191. The van der Waals surface area contributed by atoms with Crippen LogP contribution in [0, 0.1) is 5.92 Å². The number of carbonyl (C=O) groups is 2. The van der Waals surface area contributed by atoms with Crippen molar-refractivity contribution in [3.8, 4) is 0 Å². The third kappa shape index (κ3) is 1.77. The number of amides is 1. The van der Waals surface area contributed by atoms with E-state index in [9.17, 15) is 9.59 Å². The fourth-order valence-electron chi connectivity index (χ4n) is 1.35. The molecule has 1 amide bonds. The van der Waals surface area contributed by atoms with Gasteiger partial charge >= 0.3 is 0 Å². The molecule has 0 spiro atoms. The number of Topliss-reactive ketones (excluding diaryl/α,β-unsaturated/α-hetero) is 1. The van der Waals surface area contributed by atoms with Crippen LogP contribution < -0.4 is 5.73 Å². The fraction of sp³-hybridized carbons (Fsp3) is 0.714. The third-order valence-corrected chi connectivity index (χ3v) is 2.00. The fourth-order valence-corrected chi connectivity index (χ4v) is 1.35. The molecule has 11 heavy (non-hydrogen) atoms. The Hall–Kier alpha value is -0.900. The second-order valence-corrected chi connectivity index (χ2v) is 2.98. The zero-order valence-electron chi connectivity index (χ0n) is 6.54. The van der Waals surface area contributed by atoms with Crippen LogP contribution in [0.25, 0.3) is 0 Å². The van der Waals surface area contributed by atoms with E-state index in [1.165, 1.54) is 0 Å². The van der Waals surface area contributed by atoms with Crippen LogP contribution in [0.4, 0.5) is 0 Å². The Labute approximate surface area is 65.3 Å². The molecule has 1 aliphatic heterocycles. The monoisotopic (exact) mass is 156 g/mol. The number of primary amides is 1. The van der Waals surface area contributed by atoms with Crippen LogP contribution in [0.1, 0.15) is 6.42 Å². The maximum atomic E-state index is 11.0. The van der Waals surface area contributed by atoms with E-state index in [-0.39, 0.29) is 5.92 Å². The first-order valence-corrected chi connectivity index (χ1v) is 3.63. The van der Waals surface area contributed by atoms with E-state index < -0.39 is 11.7 Å². The summed E-state index contributed by atoms with van der Waals surface area (Å²) >= 11 is 0. The summed E-state index contributed by atoms with van der Waals surface area (Å²) in [5, 5.41) is 0. The van der Waals surface area contributed by atoms with E-state index in [0.717, 1.165) is 13.0 Å². The first-order chi connectivity index (χ1) is 5.11. The molecule has 0 bridgehead atoms. The molecule has 4 nitrogen and oxygen atoms in total. The van der Waals surface area contributed by atoms with Crippen LogP contribution in [0.5, 0.6) is 0 Å². The van der Waals surface area contributed by atoms with Crippen molar-refractivity contribution < 1.29 is 9.59 Å². The predicted molar refractivity (Wildman–Crippen MR) is 39.8 cm³/mol. The zero-order valence-corrected chi connectivity index (χ0v) is 6.54. The standard InChI is InChI=1S/C7H12N2O2/c1-9-3-2-5(4-9)6(10)7(8)11/h5H,2-4H2,1H3,(H2,8,11). The molecule has 1 rings (SSSR count). The molecule has 1 atom stereocenters. The highest BCUT2D eigenvalue weighted by molar-refractivity contribution is 6.36. The minimum absolute atomic E-state index is 0.155. The molecule has 0 aromatic heterocycles. The zero-order chi connectivity index (χ0) is 8.43. The highest BCUT2D eigenvalue weighted by Crippen LogP contribution is 2.14. The molecule has 1 unspecified atom stereocenters. The van der Waals surface area contributed by atoms with Gasteiger partial charge in [0.2, 0.25) is 5.78 Å². The van der Waals surface area contributed by atoms with Crippen molar-refractivity contribution in [2.24, 2.45) is 11.7 Å². The second kappa shape index (κ2) is 3.00. The van der Waals surface area contributed by atoms with Crippen LogP contribution >= 0.6 is 0 Å². The number of likely N-dealkylation sites (tertiary alicyclic amines) is 1. The summed E-state index contributed by atoms with van der Waals surface area (Å²) in [5.41, 5.74) is 4.85. The summed E-state index contributed by atoms with van der Waals surface area (Å²) in [6.07, 6.45) is 0.762. The van der Waals surface area contributed by atoms with Gasteiger partial charge in [0.25, 0.3) is 5.91 Å². The Morgan fingerprint density at radius 1 is 1.55 bits per heavy atom. The molecule has 1 aliphatic rings. The SMILES string of the molecule is CN1CCC(C(=O)C(N)=O)C1. The van der Waals surface area contributed by atoms with Crippen molar-refractivity contribution in [1.29, 1.82) is 0 Å². The van der Waals surface area contributed by atoms with Crippen molar-refractivity contribution in [2.45, 2.75) is 6.42 Å². The largest absolute Gasteiger partial charge is 0.363 e. The molecule has 0 aromatic rings. The molecular formula is C7H12N2O2. The molecule has 0 saturated carbocycles. The van der Waals surface area contributed by atoms with Crippen LogP contribution in [0.3, 0.4) is 0 Å². The summed E-state index contributed by atoms with van der Waals surface area (Å²) in [6.45, 7) is 1.55. The summed E-state index contributed by atoms with van der Waals surface area (Å²) < 4.78 is 0. The van der Waals surface area contributed by atoms with Crippen LogP contribution in [-0.2, 0) is 9.59 Å². The van der Waals surface area contributed by atoms with E-state index in [2.05, 4.69) is 0 Å². The Morgan fingerprint density at radius 2 is 2.18 bits per heavy atom. The Balaban J connectivity index is 2.50. The lowest BCUT2D eigenvalue weighted by molar-refractivity contribution is -0.138. The van der Waals surface area contributed by atoms with E-state index in [4.69, 9.17) is 5.73 Å². The van der Waals surface area contributed by atoms with Crippen LogP contribution in [-0.4, -0.2) is 36.7 Å². The number of carbonyl (C=O) groups excluding carboxylic acids is 2. The van der Waals surface area contributed by atoms with Gasteiger partial charge in [0.15, 0.2) is 0 Å². The van der Waals surface area contributed by atoms with Crippen molar-refractivity contribution in [2.75, 3.05) is 20.1 Å². The van der Waals surface area contributed by atoms with E-state index in [1.54, 1.807) is 0 Å². The number of hydrogen-bond donors (Lipinski definition) is 1. The molecule has 1 saturated heterocycles. The normalized spacial score (nSPS) is 25.4. The molecule has 4 heteroatoms. The second-order valence-electron chi connectivity index (χ2n) is 2.98. The van der Waals surface area contributed by atoms with E-state index in [0.29, 0.717) is 6.54 Å². The predicted octanol–water partition coefficient (Wildman–Crippen LogP) is -1.01. The van der Waals surface area contributed by atoms with Gasteiger partial charge in [0.05, 0.1) is 0 Å².